The highest BCUT2D eigenvalue weighted by Crippen LogP contribution is 2.38. The Hall–Kier alpha value is -2.97. The lowest BCUT2D eigenvalue weighted by Gasteiger charge is -2.25. The molecular weight excluding hydrogens is 450 g/mol. The number of ether oxygens (including phenoxy) is 2. The van der Waals surface area contributed by atoms with Crippen LogP contribution in [0.5, 0.6) is 11.5 Å². The molecule has 7 nitrogen and oxygen atoms in total. The van der Waals surface area contributed by atoms with E-state index in [1.807, 2.05) is 37.3 Å². The van der Waals surface area contributed by atoms with Crippen LogP contribution < -0.4 is 20.3 Å². The fourth-order valence-electron chi connectivity index (χ4n) is 3.61. The van der Waals surface area contributed by atoms with E-state index >= 15 is 0 Å². The monoisotopic (exact) mass is 471 g/mol. The standard InChI is InChI=1S/C23H22ClN3O4S/c1-3-31-17-9-6-14(10-18(17)30-2)16-11-19(28)25-21-20(16)22(29)27-23(26-21)32-12-13-4-7-15(24)8-5-13/h4-10,16H,3,11-12H2,1-2H3,(H2,25,26,27,28,29). The van der Waals surface area contributed by atoms with Crippen molar-refractivity contribution in [3.63, 3.8) is 0 Å². The number of hydrogen-bond acceptors (Lipinski definition) is 6. The van der Waals surface area contributed by atoms with Crippen molar-refractivity contribution in [1.82, 2.24) is 9.97 Å². The van der Waals surface area contributed by atoms with Crippen molar-refractivity contribution in [3.05, 3.63) is 74.5 Å². The van der Waals surface area contributed by atoms with Crippen molar-refractivity contribution < 1.29 is 14.3 Å². The first-order valence-electron chi connectivity index (χ1n) is 10.1. The molecule has 0 saturated carbocycles. The molecule has 0 aliphatic carbocycles. The number of nitrogens with one attached hydrogen (secondary N) is 2. The predicted octanol–water partition coefficient (Wildman–Crippen LogP) is 4.60. The molecule has 166 valence electrons. The van der Waals surface area contributed by atoms with Crippen LogP contribution in [0, 0.1) is 0 Å². The third-order valence-electron chi connectivity index (χ3n) is 5.11. The minimum absolute atomic E-state index is 0.145. The first-order valence-corrected chi connectivity index (χ1v) is 11.5. The summed E-state index contributed by atoms with van der Waals surface area (Å²) in [5.41, 5.74) is 2.00. The Morgan fingerprint density at radius 2 is 1.94 bits per heavy atom. The quantitative estimate of drug-likeness (QED) is 0.386. The van der Waals surface area contributed by atoms with E-state index < -0.39 is 5.92 Å². The summed E-state index contributed by atoms with van der Waals surface area (Å²) in [4.78, 5) is 32.8. The van der Waals surface area contributed by atoms with Crippen LogP contribution in [0.15, 0.2) is 52.4 Å². The van der Waals surface area contributed by atoms with Gasteiger partial charge in [-0.3, -0.25) is 9.59 Å². The largest absolute Gasteiger partial charge is 0.493 e. The van der Waals surface area contributed by atoms with Gasteiger partial charge in [0.25, 0.3) is 5.56 Å². The Morgan fingerprint density at radius 1 is 1.16 bits per heavy atom. The SMILES string of the molecule is CCOc1ccc(C2CC(=O)Nc3nc(SCc4ccc(Cl)cc4)[nH]c(=O)c32)cc1OC. The molecule has 0 spiro atoms. The first-order chi connectivity index (χ1) is 15.5. The normalized spacial score (nSPS) is 15.1. The molecule has 3 aromatic rings. The number of methoxy groups -OCH3 is 1. The molecule has 1 aliphatic rings. The van der Waals surface area contributed by atoms with Crippen molar-refractivity contribution in [3.8, 4) is 11.5 Å². The number of aromatic amines is 1. The Labute approximate surface area is 194 Å². The minimum Gasteiger partial charge on any atom is -0.493 e. The molecule has 1 amide bonds. The molecule has 0 fully saturated rings. The second-order valence-electron chi connectivity index (χ2n) is 7.20. The van der Waals surface area contributed by atoms with Gasteiger partial charge < -0.3 is 19.8 Å². The summed E-state index contributed by atoms with van der Waals surface area (Å²) in [5, 5.41) is 3.85. The highest BCUT2D eigenvalue weighted by molar-refractivity contribution is 7.98. The second kappa shape index (κ2) is 9.67. The van der Waals surface area contributed by atoms with Gasteiger partial charge in [-0.25, -0.2) is 4.98 Å². The van der Waals surface area contributed by atoms with Gasteiger partial charge in [-0.05, 0) is 42.3 Å². The van der Waals surface area contributed by atoms with Crippen molar-refractivity contribution >= 4 is 35.1 Å². The van der Waals surface area contributed by atoms with E-state index in [-0.39, 0.29) is 17.9 Å². The van der Waals surface area contributed by atoms with Gasteiger partial charge in [0.2, 0.25) is 5.91 Å². The molecule has 0 bridgehead atoms. The summed E-state index contributed by atoms with van der Waals surface area (Å²) < 4.78 is 11.0. The molecule has 4 rings (SSSR count). The Bertz CT molecular complexity index is 1200. The van der Waals surface area contributed by atoms with Crippen LogP contribution in [-0.2, 0) is 10.5 Å². The zero-order chi connectivity index (χ0) is 22.7. The minimum atomic E-state index is -0.435. The van der Waals surface area contributed by atoms with E-state index in [0.717, 1.165) is 11.1 Å². The van der Waals surface area contributed by atoms with Gasteiger partial charge in [-0.15, -0.1) is 0 Å². The predicted molar refractivity (Wildman–Crippen MR) is 125 cm³/mol. The first kappa shape index (κ1) is 22.2. The van der Waals surface area contributed by atoms with Gasteiger partial charge in [0.1, 0.15) is 5.82 Å². The van der Waals surface area contributed by atoms with E-state index in [4.69, 9.17) is 21.1 Å². The molecule has 1 atom stereocenters. The molecule has 2 heterocycles. The summed E-state index contributed by atoms with van der Waals surface area (Å²) in [5.74, 6) is 1.43. The Balaban J connectivity index is 1.64. The molecule has 0 radical (unpaired) electrons. The van der Waals surface area contributed by atoms with Crippen LogP contribution in [0.25, 0.3) is 0 Å². The van der Waals surface area contributed by atoms with Gasteiger partial charge in [-0.1, -0.05) is 41.6 Å². The molecular formula is C23H22ClN3O4S. The number of carbonyl (C=O) groups excluding carboxylic acids is 1. The Kier molecular flexibility index (Phi) is 6.72. The third-order valence-corrected chi connectivity index (χ3v) is 6.30. The van der Waals surface area contributed by atoms with E-state index in [0.29, 0.717) is 45.4 Å². The number of benzene rings is 2. The molecule has 2 N–H and O–H groups in total. The summed E-state index contributed by atoms with van der Waals surface area (Å²) in [7, 11) is 1.56. The number of fused-ring (bicyclic) bond motifs is 1. The molecule has 9 heteroatoms. The number of H-pyrrole nitrogens is 1. The maximum atomic E-state index is 13.0. The molecule has 32 heavy (non-hydrogen) atoms. The van der Waals surface area contributed by atoms with Gasteiger partial charge >= 0.3 is 0 Å². The fraction of sp³-hybridized carbons (Fsp3) is 0.261. The lowest BCUT2D eigenvalue weighted by atomic mass is 9.86. The van der Waals surface area contributed by atoms with Crippen LogP contribution in [0.1, 0.15) is 36.0 Å². The van der Waals surface area contributed by atoms with Crippen molar-refractivity contribution in [1.29, 1.82) is 0 Å². The van der Waals surface area contributed by atoms with E-state index in [1.54, 1.807) is 19.2 Å². The van der Waals surface area contributed by atoms with Crippen LogP contribution in [0.3, 0.4) is 0 Å². The second-order valence-corrected chi connectivity index (χ2v) is 8.60. The van der Waals surface area contributed by atoms with Crippen LogP contribution in [-0.4, -0.2) is 29.6 Å². The number of amides is 1. The molecule has 0 saturated heterocycles. The van der Waals surface area contributed by atoms with Gasteiger partial charge in [-0.2, -0.15) is 0 Å². The summed E-state index contributed by atoms with van der Waals surface area (Å²) in [6, 6.07) is 12.9. The number of nitrogens with zero attached hydrogens (tertiary/aromatic N) is 1. The number of aromatic nitrogens is 2. The van der Waals surface area contributed by atoms with Crippen molar-refractivity contribution in [2.75, 3.05) is 19.0 Å². The number of halogens is 1. The average Bonchev–Trinajstić information content (AvgIpc) is 2.78. The maximum Gasteiger partial charge on any atom is 0.257 e. The van der Waals surface area contributed by atoms with Crippen molar-refractivity contribution in [2.24, 2.45) is 0 Å². The van der Waals surface area contributed by atoms with Crippen molar-refractivity contribution in [2.45, 2.75) is 30.2 Å². The zero-order valence-corrected chi connectivity index (χ0v) is 19.2. The topological polar surface area (TPSA) is 93.3 Å². The molecule has 1 unspecified atom stereocenters. The highest BCUT2D eigenvalue weighted by Gasteiger charge is 2.31. The number of anilines is 1. The van der Waals surface area contributed by atoms with Crippen LogP contribution in [0.2, 0.25) is 5.02 Å². The molecule has 2 aromatic carbocycles. The Morgan fingerprint density at radius 3 is 2.66 bits per heavy atom. The van der Waals surface area contributed by atoms with Crippen LogP contribution >= 0.6 is 23.4 Å². The molecule has 1 aliphatic heterocycles. The molecule has 1 aromatic heterocycles. The number of carbonyl (C=O) groups is 1. The van der Waals surface area contributed by atoms with Gasteiger partial charge in [0.15, 0.2) is 16.7 Å². The maximum absolute atomic E-state index is 13.0. The lowest BCUT2D eigenvalue weighted by Crippen LogP contribution is -2.31. The summed E-state index contributed by atoms with van der Waals surface area (Å²) in [6.07, 6.45) is 0.145. The smallest absolute Gasteiger partial charge is 0.257 e. The number of thioether (sulfide) groups is 1. The third kappa shape index (κ3) is 4.76. The van der Waals surface area contributed by atoms with E-state index in [1.165, 1.54) is 11.8 Å². The lowest BCUT2D eigenvalue weighted by molar-refractivity contribution is -0.116. The number of hydrogen-bond donors (Lipinski definition) is 2. The number of rotatable bonds is 7. The van der Waals surface area contributed by atoms with Gasteiger partial charge in [0.05, 0.1) is 19.3 Å². The summed E-state index contributed by atoms with van der Waals surface area (Å²) in [6.45, 7) is 2.40. The average molecular weight is 472 g/mol. The fourth-order valence-corrected chi connectivity index (χ4v) is 4.55. The summed E-state index contributed by atoms with van der Waals surface area (Å²) >= 11 is 7.31. The van der Waals surface area contributed by atoms with Gasteiger partial charge in [0, 0.05) is 23.1 Å². The van der Waals surface area contributed by atoms with Crippen LogP contribution in [0.4, 0.5) is 5.82 Å². The highest BCUT2D eigenvalue weighted by atomic mass is 35.5. The van der Waals surface area contributed by atoms with E-state index in [2.05, 4.69) is 15.3 Å². The zero-order valence-electron chi connectivity index (χ0n) is 17.6. The van der Waals surface area contributed by atoms with E-state index in [9.17, 15) is 9.59 Å².